The molecule has 0 radical (unpaired) electrons. The molecule has 31 heavy (non-hydrogen) atoms. The topological polar surface area (TPSA) is 87.8 Å². The highest BCUT2D eigenvalue weighted by molar-refractivity contribution is 5.98. The number of Topliss-reactive ketones (excluding diaryl/α,β-unsaturated/α-hetero) is 1. The van der Waals surface area contributed by atoms with E-state index in [1.54, 1.807) is 26.0 Å². The molecule has 5 rings (SSSR count). The Kier molecular flexibility index (Phi) is 4.57. The summed E-state index contributed by atoms with van der Waals surface area (Å²) < 4.78 is 1.93. The minimum absolute atomic E-state index is 0.0101. The Hall–Kier alpha value is -3.22. The van der Waals surface area contributed by atoms with Crippen molar-refractivity contribution in [1.29, 1.82) is 0 Å². The van der Waals surface area contributed by atoms with Crippen molar-refractivity contribution in [3.8, 4) is 5.75 Å². The summed E-state index contributed by atoms with van der Waals surface area (Å²) >= 11 is 0. The first-order valence-electron chi connectivity index (χ1n) is 10.8. The molecule has 2 atom stereocenters. The fraction of sp³-hybridized carbons (Fsp3) is 0.417. The van der Waals surface area contributed by atoms with Crippen molar-refractivity contribution in [2.24, 2.45) is 0 Å². The zero-order chi connectivity index (χ0) is 21.9. The summed E-state index contributed by atoms with van der Waals surface area (Å²) in [6, 6.07) is 5.51. The van der Waals surface area contributed by atoms with Gasteiger partial charge in [0.15, 0.2) is 11.4 Å². The van der Waals surface area contributed by atoms with Crippen LogP contribution in [0.3, 0.4) is 0 Å². The molecule has 1 saturated heterocycles. The molecule has 0 saturated carbocycles. The van der Waals surface area contributed by atoms with E-state index in [4.69, 9.17) is 0 Å². The van der Waals surface area contributed by atoms with Gasteiger partial charge in [0.2, 0.25) is 5.91 Å². The summed E-state index contributed by atoms with van der Waals surface area (Å²) in [5.41, 5.74) is 5.91. The number of phenols is 1. The number of benzene rings is 1. The highest BCUT2D eigenvalue weighted by atomic mass is 16.3. The van der Waals surface area contributed by atoms with Gasteiger partial charge in [-0.1, -0.05) is 0 Å². The zero-order valence-corrected chi connectivity index (χ0v) is 18.1. The van der Waals surface area contributed by atoms with Gasteiger partial charge in [0, 0.05) is 48.7 Å². The molecule has 160 valence electrons. The average Bonchev–Trinajstić information content (AvgIpc) is 3.28. The molecule has 7 nitrogen and oxygen atoms in total. The van der Waals surface area contributed by atoms with Gasteiger partial charge in [-0.25, -0.2) is 9.50 Å². The Balaban J connectivity index is 1.34. The van der Waals surface area contributed by atoms with Crippen molar-refractivity contribution in [3.63, 3.8) is 0 Å². The number of aryl methyl sites for hydroxylation is 3. The number of amides is 1. The molecule has 2 aliphatic heterocycles. The first kappa shape index (κ1) is 19.7. The fourth-order valence-electron chi connectivity index (χ4n) is 5.19. The van der Waals surface area contributed by atoms with Gasteiger partial charge in [0.25, 0.3) is 0 Å². The number of rotatable bonds is 4. The Morgan fingerprint density at radius 1 is 1.10 bits per heavy atom. The minimum atomic E-state index is -0.0697. The minimum Gasteiger partial charge on any atom is -0.507 e. The number of aromatic nitrogens is 3. The van der Waals surface area contributed by atoms with Gasteiger partial charge in [0.05, 0.1) is 17.4 Å². The third-order valence-electron chi connectivity index (χ3n) is 6.69. The fourth-order valence-corrected chi connectivity index (χ4v) is 5.19. The van der Waals surface area contributed by atoms with Crippen molar-refractivity contribution in [3.05, 3.63) is 58.0 Å². The van der Waals surface area contributed by atoms with E-state index in [2.05, 4.69) is 10.1 Å². The zero-order valence-electron chi connectivity index (χ0n) is 18.1. The van der Waals surface area contributed by atoms with Gasteiger partial charge >= 0.3 is 0 Å². The summed E-state index contributed by atoms with van der Waals surface area (Å²) in [6.07, 6.45) is 4.89. The Morgan fingerprint density at radius 3 is 2.58 bits per heavy atom. The molecule has 0 aliphatic carbocycles. The highest BCUT2D eigenvalue weighted by Crippen LogP contribution is 2.43. The van der Waals surface area contributed by atoms with Crippen molar-refractivity contribution >= 4 is 17.3 Å². The van der Waals surface area contributed by atoms with Gasteiger partial charge in [-0.3, -0.25) is 9.59 Å². The number of hydrogen-bond donors (Lipinski definition) is 1. The number of hydrogen-bond acceptors (Lipinski definition) is 5. The van der Waals surface area contributed by atoms with Crippen LogP contribution in [0.25, 0.3) is 5.65 Å². The van der Waals surface area contributed by atoms with Crippen molar-refractivity contribution in [2.75, 3.05) is 0 Å². The molecule has 1 N–H and O–H groups in total. The van der Waals surface area contributed by atoms with Crippen LogP contribution in [-0.2, 0) is 11.2 Å². The lowest BCUT2D eigenvalue weighted by Crippen LogP contribution is -2.42. The van der Waals surface area contributed by atoms with Crippen molar-refractivity contribution in [1.82, 2.24) is 19.5 Å². The second kappa shape index (κ2) is 7.18. The van der Waals surface area contributed by atoms with Crippen LogP contribution in [0.15, 0.2) is 24.4 Å². The monoisotopic (exact) mass is 418 g/mol. The number of carbonyl (C=O) groups is 2. The smallest absolute Gasteiger partial charge is 0.223 e. The van der Waals surface area contributed by atoms with Crippen LogP contribution in [0, 0.1) is 20.8 Å². The molecule has 1 fully saturated rings. The Labute approximate surface area is 180 Å². The van der Waals surface area contributed by atoms with Crippen LogP contribution in [0.4, 0.5) is 0 Å². The second-order valence-electron chi connectivity index (χ2n) is 8.85. The molecule has 2 unspecified atom stereocenters. The molecule has 2 aliphatic rings. The molecule has 3 aromatic rings. The average molecular weight is 418 g/mol. The lowest BCUT2D eigenvalue weighted by atomic mass is 9.97. The summed E-state index contributed by atoms with van der Waals surface area (Å²) in [7, 11) is 0. The molecule has 1 aromatic carbocycles. The third kappa shape index (κ3) is 3.19. The lowest BCUT2D eigenvalue weighted by Gasteiger charge is -2.36. The van der Waals surface area contributed by atoms with E-state index in [1.165, 1.54) is 0 Å². The van der Waals surface area contributed by atoms with Gasteiger partial charge in [0.1, 0.15) is 5.75 Å². The van der Waals surface area contributed by atoms with E-state index in [-0.39, 0.29) is 42.4 Å². The summed E-state index contributed by atoms with van der Waals surface area (Å²) in [5, 5.41) is 14.5. The van der Waals surface area contributed by atoms with Crippen LogP contribution >= 0.6 is 0 Å². The predicted molar refractivity (Wildman–Crippen MR) is 115 cm³/mol. The van der Waals surface area contributed by atoms with Crippen LogP contribution < -0.4 is 0 Å². The maximum Gasteiger partial charge on any atom is 0.223 e. The van der Waals surface area contributed by atoms with Crippen LogP contribution in [0.5, 0.6) is 5.75 Å². The van der Waals surface area contributed by atoms with E-state index < -0.39 is 0 Å². The van der Waals surface area contributed by atoms with Gasteiger partial charge < -0.3 is 10.0 Å². The Morgan fingerprint density at radius 2 is 1.84 bits per heavy atom. The molecule has 0 spiro atoms. The Bertz CT molecular complexity index is 1210. The quantitative estimate of drug-likeness (QED) is 0.654. The van der Waals surface area contributed by atoms with Crippen molar-refractivity contribution < 1.29 is 14.7 Å². The maximum absolute atomic E-state index is 13.2. The third-order valence-corrected chi connectivity index (χ3v) is 6.69. The summed E-state index contributed by atoms with van der Waals surface area (Å²) in [4.78, 5) is 32.4. The summed E-state index contributed by atoms with van der Waals surface area (Å²) in [6.45, 7) is 5.51. The van der Waals surface area contributed by atoms with Gasteiger partial charge in [-0.05, 0) is 56.9 Å². The maximum atomic E-state index is 13.2. The van der Waals surface area contributed by atoms with E-state index in [0.717, 1.165) is 41.9 Å². The number of fused-ring (bicyclic) bond motifs is 6. The van der Waals surface area contributed by atoms with E-state index in [1.807, 2.05) is 28.6 Å². The number of nitrogens with zero attached hydrogens (tertiary/aromatic N) is 4. The standard InChI is InChI=1S/C24H26N4O3/c1-13-8-16(9-14(2)24(13)31)21(29)6-7-23(30)27-17-4-5-19(27)18-12-25-22-10-15(3)26-28(22)20(18)11-17/h8-10,12,17,19,31H,4-7,11H2,1-3H3. The number of phenolic OH excluding ortho intramolecular Hbond substituents is 1. The molecule has 2 bridgehead atoms. The first-order valence-corrected chi connectivity index (χ1v) is 10.8. The molecular weight excluding hydrogens is 392 g/mol. The SMILES string of the molecule is Cc1cc2ncc3c(n2n1)CC1CCC3N1C(=O)CCC(=O)c1cc(C)c(O)c(C)c1. The normalized spacial score (nSPS) is 19.6. The number of aromatic hydroxyl groups is 1. The van der Waals surface area contributed by atoms with Crippen LogP contribution in [0.2, 0.25) is 0 Å². The predicted octanol–water partition coefficient (Wildman–Crippen LogP) is 3.61. The lowest BCUT2D eigenvalue weighted by molar-refractivity contribution is -0.134. The highest BCUT2D eigenvalue weighted by Gasteiger charge is 2.43. The summed E-state index contributed by atoms with van der Waals surface area (Å²) in [5.74, 6) is 0.168. The van der Waals surface area contributed by atoms with Crippen molar-refractivity contribution in [2.45, 2.75) is 65.0 Å². The molecule has 2 aromatic heterocycles. The van der Waals surface area contributed by atoms with E-state index >= 15 is 0 Å². The van der Waals surface area contributed by atoms with Crippen LogP contribution in [0.1, 0.15) is 70.2 Å². The number of ketones is 1. The second-order valence-corrected chi connectivity index (χ2v) is 8.85. The van der Waals surface area contributed by atoms with Gasteiger partial charge in [-0.2, -0.15) is 5.10 Å². The molecule has 7 heteroatoms. The molecule has 1 amide bonds. The molecule has 4 heterocycles. The first-order chi connectivity index (χ1) is 14.8. The number of carbonyl (C=O) groups excluding carboxylic acids is 2. The van der Waals surface area contributed by atoms with Crippen LogP contribution in [-0.4, -0.2) is 42.3 Å². The van der Waals surface area contributed by atoms with E-state index in [9.17, 15) is 14.7 Å². The van der Waals surface area contributed by atoms with E-state index in [0.29, 0.717) is 16.7 Å². The largest absolute Gasteiger partial charge is 0.507 e. The van der Waals surface area contributed by atoms with Gasteiger partial charge in [-0.15, -0.1) is 0 Å². The molecular formula is C24H26N4O3.